The molecule has 0 aromatic rings. The number of allylic oxidation sites excluding steroid dienone is 1. The first kappa shape index (κ1) is 6.97. The Balaban J connectivity index is 3.46. The van der Waals surface area contributed by atoms with Gasteiger partial charge in [-0.3, -0.25) is 0 Å². The van der Waals surface area contributed by atoms with Crippen molar-refractivity contribution in [3.8, 4) is 0 Å². The van der Waals surface area contributed by atoms with Crippen LogP contribution in [0.25, 0.3) is 0 Å². The van der Waals surface area contributed by atoms with E-state index >= 15 is 0 Å². The SMILES string of the molecule is C=N/C=C\[C](C)=[W]. The Bertz CT molecular complexity index is 105. The Kier molecular flexibility index (Phi) is 4.12. The summed E-state index contributed by atoms with van der Waals surface area (Å²) < 4.78 is 1.33. The van der Waals surface area contributed by atoms with Crippen LogP contribution in [0.3, 0.4) is 0 Å². The Morgan fingerprint density at radius 2 is 2.43 bits per heavy atom. The maximum atomic E-state index is 3.54. The van der Waals surface area contributed by atoms with E-state index in [-0.39, 0.29) is 0 Å². The van der Waals surface area contributed by atoms with Crippen LogP contribution in [-0.4, -0.2) is 10.6 Å². The van der Waals surface area contributed by atoms with Gasteiger partial charge in [-0.15, -0.1) is 0 Å². The normalized spacial score (nSPS) is 9.29. The third-order valence-electron chi connectivity index (χ3n) is 0.415. The van der Waals surface area contributed by atoms with E-state index in [4.69, 9.17) is 0 Å². The van der Waals surface area contributed by atoms with E-state index in [1.54, 1.807) is 6.20 Å². The summed E-state index contributed by atoms with van der Waals surface area (Å²) >= 11 is 1.48. The first-order valence-corrected chi connectivity index (χ1v) is 3.37. The molecule has 0 spiro atoms. The molecule has 0 aliphatic carbocycles. The van der Waals surface area contributed by atoms with Crippen LogP contribution >= 0.6 is 0 Å². The van der Waals surface area contributed by atoms with E-state index < -0.39 is 0 Å². The van der Waals surface area contributed by atoms with Crippen LogP contribution in [0.4, 0.5) is 0 Å². The van der Waals surface area contributed by atoms with Crippen molar-refractivity contribution in [2.45, 2.75) is 6.92 Å². The summed E-state index contributed by atoms with van der Waals surface area (Å²) in [5, 5.41) is 0. The molecule has 0 rings (SSSR count). The van der Waals surface area contributed by atoms with Crippen LogP contribution in [0.1, 0.15) is 6.92 Å². The zero-order valence-electron chi connectivity index (χ0n) is 4.22. The molecule has 0 bridgehead atoms. The molecule has 0 saturated carbocycles. The van der Waals surface area contributed by atoms with Gasteiger partial charge in [0, 0.05) is 0 Å². The number of hydrogen-bond donors (Lipinski definition) is 0. The van der Waals surface area contributed by atoms with Crippen molar-refractivity contribution in [1.29, 1.82) is 0 Å². The summed E-state index contributed by atoms with van der Waals surface area (Å²) in [5.41, 5.74) is 0. The minimum absolute atomic E-state index is 1.33. The second-order valence-electron chi connectivity index (χ2n) is 1.11. The van der Waals surface area contributed by atoms with Gasteiger partial charge in [-0.05, 0) is 0 Å². The van der Waals surface area contributed by atoms with Crippen LogP contribution in [0.5, 0.6) is 0 Å². The molecule has 0 aliphatic rings. The van der Waals surface area contributed by atoms with Gasteiger partial charge < -0.3 is 0 Å². The van der Waals surface area contributed by atoms with Gasteiger partial charge in [0.05, 0.1) is 0 Å². The van der Waals surface area contributed by atoms with E-state index in [0.29, 0.717) is 0 Å². The second-order valence-corrected chi connectivity index (χ2v) is 3.42. The van der Waals surface area contributed by atoms with E-state index in [2.05, 4.69) is 18.6 Å². The van der Waals surface area contributed by atoms with Crippen LogP contribution in [0.2, 0.25) is 0 Å². The summed E-state index contributed by atoms with van der Waals surface area (Å²) in [7, 11) is 0. The number of nitrogens with zero attached hydrogens (tertiary/aromatic N) is 1. The number of rotatable bonds is 2. The monoisotopic (exact) mass is 265 g/mol. The summed E-state index contributed by atoms with van der Waals surface area (Å²) in [6.07, 6.45) is 3.64. The van der Waals surface area contributed by atoms with Crippen molar-refractivity contribution in [1.82, 2.24) is 0 Å². The molecular formula is C5H7NW. The van der Waals surface area contributed by atoms with Crippen LogP contribution in [-0.2, 0) is 19.4 Å². The third kappa shape index (κ3) is 5.97. The number of aliphatic imine (C=N–C) groups is 1. The molecular weight excluding hydrogens is 258 g/mol. The van der Waals surface area contributed by atoms with Gasteiger partial charge in [0.1, 0.15) is 0 Å². The van der Waals surface area contributed by atoms with E-state index in [1.807, 2.05) is 6.08 Å². The summed E-state index contributed by atoms with van der Waals surface area (Å²) in [5.74, 6) is 0. The fourth-order valence-electron chi connectivity index (χ4n) is 0.158. The topological polar surface area (TPSA) is 12.4 Å². The predicted molar refractivity (Wildman–Crippen MR) is 29.4 cm³/mol. The molecule has 0 amide bonds. The quantitative estimate of drug-likeness (QED) is 0.659. The molecule has 0 saturated heterocycles. The molecule has 0 aliphatic heterocycles. The summed E-state index contributed by atoms with van der Waals surface area (Å²) in [4.78, 5) is 3.54. The fraction of sp³-hybridized carbons (Fsp3) is 0.200. The molecule has 7 heavy (non-hydrogen) atoms. The zero-order valence-corrected chi connectivity index (χ0v) is 7.15. The minimum atomic E-state index is 1.33. The van der Waals surface area contributed by atoms with E-state index in [1.165, 1.54) is 23.3 Å². The van der Waals surface area contributed by atoms with Gasteiger partial charge >= 0.3 is 54.2 Å². The van der Waals surface area contributed by atoms with Crippen LogP contribution < -0.4 is 0 Å². The average Bonchev–Trinajstić information content (AvgIpc) is 1.61. The molecule has 0 aromatic heterocycles. The summed E-state index contributed by atoms with van der Waals surface area (Å²) in [6.45, 7) is 5.34. The first-order valence-electron chi connectivity index (χ1n) is 1.90. The van der Waals surface area contributed by atoms with Crippen LogP contribution in [0, 0.1) is 0 Å². The standard InChI is InChI=1S/C5H7N.W/c1-3-4-5-6-2;/h4-5H,2H2,1H3;/b5-4-;. The third-order valence-corrected chi connectivity index (χ3v) is 0.904. The van der Waals surface area contributed by atoms with Crippen LogP contribution in [0.15, 0.2) is 17.3 Å². The molecule has 2 heteroatoms. The van der Waals surface area contributed by atoms with E-state index in [9.17, 15) is 0 Å². The molecule has 0 unspecified atom stereocenters. The summed E-state index contributed by atoms with van der Waals surface area (Å²) in [6, 6.07) is 0. The molecule has 0 aromatic carbocycles. The Hall–Kier alpha value is -0.0317. The van der Waals surface area contributed by atoms with Gasteiger partial charge in [0.25, 0.3) is 0 Å². The van der Waals surface area contributed by atoms with Gasteiger partial charge in [0.2, 0.25) is 0 Å². The van der Waals surface area contributed by atoms with Gasteiger partial charge in [0.15, 0.2) is 0 Å². The second kappa shape index (κ2) is 4.14. The fourth-order valence-corrected chi connectivity index (χ4v) is 0.376. The van der Waals surface area contributed by atoms with Crippen molar-refractivity contribution in [2.24, 2.45) is 4.99 Å². The Morgan fingerprint density at radius 1 is 1.86 bits per heavy atom. The first-order chi connectivity index (χ1) is 3.27. The van der Waals surface area contributed by atoms with Gasteiger partial charge in [-0.1, -0.05) is 0 Å². The zero-order chi connectivity index (χ0) is 5.70. The predicted octanol–water partition coefficient (Wildman–Crippen LogP) is 0.940. The Morgan fingerprint density at radius 3 is 2.57 bits per heavy atom. The molecule has 0 N–H and O–H groups in total. The van der Waals surface area contributed by atoms with E-state index in [0.717, 1.165) is 0 Å². The molecule has 1 nitrogen and oxygen atoms in total. The van der Waals surface area contributed by atoms with Crippen molar-refractivity contribution >= 4 is 10.6 Å². The molecule has 38 valence electrons. The Labute approximate surface area is 54.6 Å². The van der Waals surface area contributed by atoms with Gasteiger partial charge in [-0.25, -0.2) is 0 Å². The number of hydrogen-bond acceptors (Lipinski definition) is 1. The van der Waals surface area contributed by atoms with Crippen molar-refractivity contribution in [2.75, 3.05) is 0 Å². The van der Waals surface area contributed by atoms with Crippen molar-refractivity contribution in [3.63, 3.8) is 0 Å². The van der Waals surface area contributed by atoms with Crippen molar-refractivity contribution in [3.05, 3.63) is 12.3 Å². The average molecular weight is 265 g/mol. The van der Waals surface area contributed by atoms with Crippen molar-refractivity contribution < 1.29 is 19.4 Å². The maximum absolute atomic E-state index is 3.54. The molecule has 0 radical (unpaired) electrons. The molecule has 0 heterocycles. The van der Waals surface area contributed by atoms with Gasteiger partial charge in [-0.2, -0.15) is 0 Å². The molecule has 0 atom stereocenters. The molecule has 0 fully saturated rings.